The second kappa shape index (κ2) is 8.19. The summed E-state index contributed by atoms with van der Waals surface area (Å²) in [7, 11) is 1.88. The Balaban J connectivity index is 1.51. The van der Waals surface area contributed by atoms with E-state index in [1.807, 2.05) is 18.0 Å². The van der Waals surface area contributed by atoms with Crippen molar-refractivity contribution < 1.29 is 9.18 Å². The molecule has 1 aromatic carbocycles. The summed E-state index contributed by atoms with van der Waals surface area (Å²) in [6.07, 6.45) is 6.21. The molecule has 7 heteroatoms. The number of aromatic nitrogens is 2. The van der Waals surface area contributed by atoms with Gasteiger partial charge in [0.2, 0.25) is 5.91 Å². The molecule has 2 aromatic rings. The van der Waals surface area contributed by atoms with Gasteiger partial charge in [-0.05, 0) is 43.4 Å². The van der Waals surface area contributed by atoms with Gasteiger partial charge in [-0.25, -0.2) is 14.4 Å². The number of carbonyl (C=O) groups is 1. The maximum absolute atomic E-state index is 14.1. The van der Waals surface area contributed by atoms with Gasteiger partial charge in [0, 0.05) is 38.7 Å². The van der Waals surface area contributed by atoms with Crippen molar-refractivity contribution in [1.29, 1.82) is 0 Å². The molecule has 1 atom stereocenters. The lowest BCUT2D eigenvalue weighted by Crippen LogP contribution is -2.45. The fourth-order valence-electron chi connectivity index (χ4n) is 5.66. The average molecular weight is 424 g/mol. The molecular formula is C24H30FN5O. The van der Waals surface area contributed by atoms with E-state index in [1.54, 1.807) is 12.1 Å². The third kappa shape index (κ3) is 3.49. The Kier molecular flexibility index (Phi) is 5.38. The van der Waals surface area contributed by atoms with Gasteiger partial charge in [-0.1, -0.05) is 25.0 Å². The first-order valence-electron chi connectivity index (χ1n) is 11.5. The van der Waals surface area contributed by atoms with Crippen LogP contribution in [0.5, 0.6) is 0 Å². The lowest BCUT2D eigenvalue weighted by atomic mass is 9.77. The molecule has 2 N–H and O–H groups in total. The molecule has 2 fully saturated rings. The van der Waals surface area contributed by atoms with Gasteiger partial charge in [-0.3, -0.25) is 4.79 Å². The molecule has 1 aliphatic carbocycles. The quantitative estimate of drug-likeness (QED) is 0.788. The van der Waals surface area contributed by atoms with Gasteiger partial charge < -0.3 is 15.5 Å². The number of hydrogen-bond donors (Lipinski definition) is 2. The minimum atomic E-state index is -0.630. The monoisotopic (exact) mass is 423 g/mol. The fourth-order valence-corrected chi connectivity index (χ4v) is 5.66. The maximum Gasteiger partial charge on any atom is 0.233 e. The summed E-state index contributed by atoms with van der Waals surface area (Å²) in [6.45, 7) is 2.38. The number of nitrogens with one attached hydrogen (secondary N) is 2. The van der Waals surface area contributed by atoms with E-state index in [1.165, 1.54) is 6.07 Å². The van der Waals surface area contributed by atoms with Crippen molar-refractivity contribution in [1.82, 2.24) is 20.2 Å². The number of hydrogen-bond acceptors (Lipinski definition) is 5. The Morgan fingerprint density at radius 1 is 1.26 bits per heavy atom. The molecule has 1 saturated heterocycles. The molecule has 0 bridgehead atoms. The Bertz CT molecular complexity index is 971. The first-order chi connectivity index (χ1) is 15.1. The number of benzene rings is 1. The smallest absolute Gasteiger partial charge is 0.233 e. The van der Waals surface area contributed by atoms with Crippen molar-refractivity contribution in [3.8, 4) is 0 Å². The van der Waals surface area contributed by atoms with E-state index in [-0.39, 0.29) is 17.8 Å². The third-order valence-corrected chi connectivity index (χ3v) is 7.24. The number of anilines is 1. The SMILES string of the molecule is CNc1nc([C@@H]2CCCN2C(=O)C2(c3cccc(F)c3)CCCC2)nc2c1CNCC2. The number of fused-ring (bicyclic) bond motifs is 1. The van der Waals surface area contributed by atoms with Gasteiger partial charge in [-0.15, -0.1) is 0 Å². The van der Waals surface area contributed by atoms with E-state index in [2.05, 4.69) is 10.6 Å². The van der Waals surface area contributed by atoms with E-state index in [0.717, 1.165) is 86.5 Å². The van der Waals surface area contributed by atoms with Crippen LogP contribution in [0.15, 0.2) is 24.3 Å². The highest BCUT2D eigenvalue weighted by atomic mass is 19.1. The maximum atomic E-state index is 14.1. The largest absolute Gasteiger partial charge is 0.373 e. The van der Waals surface area contributed by atoms with Gasteiger partial charge >= 0.3 is 0 Å². The zero-order valence-corrected chi connectivity index (χ0v) is 18.1. The summed E-state index contributed by atoms with van der Waals surface area (Å²) in [5.41, 5.74) is 2.39. The predicted molar refractivity (Wildman–Crippen MR) is 117 cm³/mol. The molecule has 164 valence electrons. The van der Waals surface area contributed by atoms with Gasteiger partial charge in [0.25, 0.3) is 0 Å². The van der Waals surface area contributed by atoms with Crippen LogP contribution < -0.4 is 10.6 Å². The number of rotatable bonds is 4. The van der Waals surface area contributed by atoms with Crippen LogP contribution in [0.25, 0.3) is 0 Å². The molecule has 2 aliphatic heterocycles. The van der Waals surface area contributed by atoms with Crippen molar-refractivity contribution in [3.63, 3.8) is 0 Å². The number of halogens is 1. The first-order valence-corrected chi connectivity index (χ1v) is 11.5. The lowest BCUT2D eigenvalue weighted by Gasteiger charge is -2.36. The number of carbonyl (C=O) groups excluding carboxylic acids is 1. The molecule has 1 amide bonds. The lowest BCUT2D eigenvalue weighted by molar-refractivity contribution is -0.138. The molecule has 1 saturated carbocycles. The second-order valence-corrected chi connectivity index (χ2v) is 8.99. The van der Waals surface area contributed by atoms with E-state index < -0.39 is 5.41 Å². The summed E-state index contributed by atoms with van der Waals surface area (Å²) < 4.78 is 14.1. The zero-order chi connectivity index (χ0) is 21.4. The third-order valence-electron chi connectivity index (χ3n) is 7.24. The van der Waals surface area contributed by atoms with Crippen LogP contribution in [-0.2, 0) is 23.2 Å². The topological polar surface area (TPSA) is 70.2 Å². The van der Waals surface area contributed by atoms with Crippen LogP contribution in [0, 0.1) is 5.82 Å². The second-order valence-electron chi connectivity index (χ2n) is 8.99. The highest BCUT2D eigenvalue weighted by molar-refractivity contribution is 5.89. The normalized spacial score (nSPS) is 22.4. The number of amides is 1. The molecule has 5 rings (SSSR count). The molecule has 31 heavy (non-hydrogen) atoms. The summed E-state index contributed by atoms with van der Waals surface area (Å²) in [5, 5.41) is 6.60. The predicted octanol–water partition coefficient (Wildman–Crippen LogP) is 3.48. The van der Waals surface area contributed by atoms with E-state index >= 15 is 0 Å². The summed E-state index contributed by atoms with van der Waals surface area (Å²) >= 11 is 0. The van der Waals surface area contributed by atoms with Crippen molar-refractivity contribution in [2.24, 2.45) is 0 Å². The number of likely N-dealkylation sites (tertiary alicyclic amines) is 1. The Morgan fingerprint density at radius 3 is 2.87 bits per heavy atom. The summed E-state index contributed by atoms with van der Waals surface area (Å²) in [5.74, 6) is 1.43. The van der Waals surface area contributed by atoms with Crippen LogP contribution in [-0.4, -0.2) is 40.9 Å². The van der Waals surface area contributed by atoms with Crippen LogP contribution >= 0.6 is 0 Å². The van der Waals surface area contributed by atoms with Crippen LogP contribution in [0.2, 0.25) is 0 Å². The van der Waals surface area contributed by atoms with Crippen molar-refractivity contribution in [2.75, 3.05) is 25.5 Å². The van der Waals surface area contributed by atoms with Crippen molar-refractivity contribution in [2.45, 2.75) is 62.9 Å². The molecule has 3 heterocycles. The van der Waals surface area contributed by atoms with Crippen LogP contribution in [0.3, 0.4) is 0 Å². The van der Waals surface area contributed by atoms with E-state index in [9.17, 15) is 9.18 Å². The summed E-state index contributed by atoms with van der Waals surface area (Å²) in [4.78, 5) is 25.8. The van der Waals surface area contributed by atoms with E-state index in [4.69, 9.17) is 9.97 Å². The molecule has 3 aliphatic rings. The van der Waals surface area contributed by atoms with Gasteiger partial charge in [0.05, 0.1) is 17.2 Å². The van der Waals surface area contributed by atoms with Crippen molar-refractivity contribution in [3.05, 3.63) is 52.7 Å². The molecular weight excluding hydrogens is 393 g/mol. The van der Waals surface area contributed by atoms with Crippen LogP contribution in [0.1, 0.15) is 67.2 Å². The molecule has 6 nitrogen and oxygen atoms in total. The standard InChI is InChI=1S/C24H30FN5O/c1-26-21-18-15-27-12-9-19(18)28-22(29-21)20-8-5-13-30(20)23(31)24(10-2-3-11-24)16-6-4-7-17(25)14-16/h4,6-7,14,20,27H,2-3,5,8-13,15H2,1H3,(H,26,28,29)/t20-/m0/s1. The Morgan fingerprint density at radius 2 is 2.10 bits per heavy atom. The number of nitrogens with zero attached hydrogens (tertiary/aromatic N) is 3. The first kappa shape index (κ1) is 20.4. The van der Waals surface area contributed by atoms with Crippen molar-refractivity contribution >= 4 is 11.7 Å². The Labute approximate surface area is 182 Å². The molecule has 0 spiro atoms. The Hall–Kier alpha value is -2.54. The summed E-state index contributed by atoms with van der Waals surface area (Å²) in [6, 6.07) is 6.52. The van der Waals surface area contributed by atoms with Crippen LogP contribution in [0.4, 0.5) is 10.2 Å². The fraction of sp³-hybridized carbons (Fsp3) is 0.542. The minimum absolute atomic E-state index is 0.118. The molecule has 0 radical (unpaired) electrons. The minimum Gasteiger partial charge on any atom is -0.373 e. The zero-order valence-electron chi connectivity index (χ0n) is 18.1. The molecule has 0 unspecified atom stereocenters. The van der Waals surface area contributed by atoms with Gasteiger partial charge in [-0.2, -0.15) is 0 Å². The van der Waals surface area contributed by atoms with Gasteiger partial charge in [0.1, 0.15) is 11.6 Å². The van der Waals surface area contributed by atoms with Gasteiger partial charge in [0.15, 0.2) is 5.82 Å². The average Bonchev–Trinajstić information content (AvgIpc) is 3.48. The molecule has 1 aromatic heterocycles. The highest BCUT2D eigenvalue weighted by Gasteiger charge is 2.48. The highest BCUT2D eigenvalue weighted by Crippen LogP contribution is 2.45. The van der Waals surface area contributed by atoms with E-state index in [0.29, 0.717) is 6.54 Å².